The summed E-state index contributed by atoms with van der Waals surface area (Å²) < 4.78 is 5.09. The van der Waals surface area contributed by atoms with E-state index in [1.807, 2.05) is 6.07 Å². The third-order valence-electron chi connectivity index (χ3n) is 2.87. The molecule has 0 heterocycles. The number of ketones is 1. The Bertz CT molecular complexity index is 635. The number of benzene rings is 2. The van der Waals surface area contributed by atoms with Gasteiger partial charge in [0.1, 0.15) is 5.75 Å². The van der Waals surface area contributed by atoms with E-state index in [0.29, 0.717) is 22.4 Å². The summed E-state index contributed by atoms with van der Waals surface area (Å²) in [4.78, 5) is 23.6. The van der Waals surface area contributed by atoms with Crippen LogP contribution >= 0.6 is 0 Å². The van der Waals surface area contributed by atoms with E-state index in [2.05, 4.69) is 0 Å². The van der Waals surface area contributed by atoms with Crippen LogP contribution in [0.2, 0.25) is 0 Å². The van der Waals surface area contributed by atoms with E-state index >= 15 is 0 Å². The number of hydrogen-bond acceptors (Lipinski definition) is 4. The zero-order valence-electron chi connectivity index (χ0n) is 11.1. The van der Waals surface area contributed by atoms with Crippen LogP contribution in [-0.2, 0) is 11.3 Å². The molecule has 0 aliphatic rings. The summed E-state index contributed by atoms with van der Waals surface area (Å²) in [7, 11) is 0. The third-order valence-corrected chi connectivity index (χ3v) is 2.87. The standard InChI is InChI=1S/C16H15NO3/c1-11(18)20-15-9-5-8-13(14(15)10-17)16(19)12-6-3-2-4-7-12/h2-9H,10,17H2,1H3. The maximum atomic E-state index is 12.5. The zero-order valence-corrected chi connectivity index (χ0v) is 11.1. The summed E-state index contributed by atoms with van der Waals surface area (Å²) in [6.07, 6.45) is 0. The zero-order chi connectivity index (χ0) is 14.5. The van der Waals surface area contributed by atoms with Gasteiger partial charge in [-0.25, -0.2) is 0 Å². The van der Waals surface area contributed by atoms with Crippen LogP contribution in [0.5, 0.6) is 5.75 Å². The maximum absolute atomic E-state index is 12.5. The van der Waals surface area contributed by atoms with Gasteiger partial charge in [0.05, 0.1) is 0 Å². The van der Waals surface area contributed by atoms with Crippen molar-refractivity contribution in [2.24, 2.45) is 5.73 Å². The molecular formula is C16H15NO3. The normalized spacial score (nSPS) is 10.1. The fraction of sp³-hybridized carbons (Fsp3) is 0.125. The first-order valence-electron chi connectivity index (χ1n) is 6.23. The number of carbonyl (C=O) groups is 2. The minimum Gasteiger partial charge on any atom is -0.426 e. The molecule has 20 heavy (non-hydrogen) atoms. The van der Waals surface area contributed by atoms with Crippen LogP contribution in [-0.4, -0.2) is 11.8 Å². The van der Waals surface area contributed by atoms with E-state index in [1.165, 1.54) is 6.92 Å². The minimum atomic E-state index is -0.441. The van der Waals surface area contributed by atoms with E-state index in [0.717, 1.165) is 0 Å². The van der Waals surface area contributed by atoms with Crippen molar-refractivity contribution in [3.63, 3.8) is 0 Å². The second kappa shape index (κ2) is 6.12. The van der Waals surface area contributed by atoms with Crippen molar-refractivity contribution in [3.8, 4) is 5.75 Å². The van der Waals surface area contributed by atoms with Crippen LogP contribution in [0.1, 0.15) is 28.4 Å². The fourth-order valence-electron chi connectivity index (χ4n) is 1.98. The molecule has 2 rings (SSSR count). The van der Waals surface area contributed by atoms with Gasteiger partial charge in [-0.05, 0) is 6.07 Å². The summed E-state index contributed by atoms with van der Waals surface area (Å²) in [6.45, 7) is 1.43. The molecule has 0 fully saturated rings. The van der Waals surface area contributed by atoms with Crippen LogP contribution in [0.25, 0.3) is 0 Å². The van der Waals surface area contributed by atoms with E-state index in [-0.39, 0.29) is 12.3 Å². The lowest BCUT2D eigenvalue weighted by Crippen LogP contribution is -2.12. The predicted molar refractivity (Wildman–Crippen MR) is 75.5 cm³/mol. The summed E-state index contributed by atoms with van der Waals surface area (Å²) in [6, 6.07) is 13.9. The Morgan fingerprint density at radius 2 is 1.75 bits per heavy atom. The molecule has 0 aliphatic heterocycles. The molecule has 0 atom stereocenters. The minimum absolute atomic E-state index is 0.122. The molecule has 2 aromatic rings. The molecule has 0 spiro atoms. The number of ether oxygens (including phenoxy) is 1. The first kappa shape index (κ1) is 14.0. The number of hydrogen-bond donors (Lipinski definition) is 1. The predicted octanol–water partition coefficient (Wildman–Crippen LogP) is 2.30. The highest BCUT2D eigenvalue weighted by Crippen LogP contribution is 2.24. The van der Waals surface area contributed by atoms with E-state index < -0.39 is 5.97 Å². The number of nitrogens with two attached hydrogens (primary N) is 1. The highest BCUT2D eigenvalue weighted by atomic mass is 16.5. The number of esters is 1. The van der Waals surface area contributed by atoms with Crippen LogP contribution in [0.4, 0.5) is 0 Å². The summed E-state index contributed by atoms with van der Waals surface area (Å²) in [5.41, 5.74) is 7.27. The molecule has 4 heteroatoms. The Hall–Kier alpha value is -2.46. The monoisotopic (exact) mass is 269 g/mol. The molecule has 0 unspecified atom stereocenters. The van der Waals surface area contributed by atoms with Crippen molar-refractivity contribution in [2.75, 3.05) is 0 Å². The van der Waals surface area contributed by atoms with Crippen LogP contribution in [0.3, 0.4) is 0 Å². The van der Waals surface area contributed by atoms with E-state index in [4.69, 9.17) is 10.5 Å². The Morgan fingerprint density at radius 3 is 2.35 bits per heavy atom. The molecule has 4 nitrogen and oxygen atoms in total. The topological polar surface area (TPSA) is 69.4 Å². The van der Waals surface area contributed by atoms with Gasteiger partial charge < -0.3 is 10.5 Å². The average Bonchev–Trinajstić information content (AvgIpc) is 2.46. The third kappa shape index (κ3) is 2.92. The van der Waals surface area contributed by atoms with Crippen molar-refractivity contribution in [1.82, 2.24) is 0 Å². The van der Waals surface area contributed by atoms with Crippen LogP contribution in [0.15, 0.2) is 48.5 Å². The van der Waals surface area contributed by atoms with Crippen LogP contribution < -0.4 is 10.5 Å². The Balaban J connectivity index is 2.46. The quantitative estimate of drug-likeness (QED) is 0.525. The van der Waals surface area contributed by atoms with Gasteiger partial charge in [-0.2, -0.15) is 0 Å². The Labute approximate surface area is 117 Å². The lowest BCUT2D eigenvalue weighted by Gasteiger charge is -2.12. The molecule has 0 saturated heterocycles. The fourth-order valence-corrected chi connectivity index (χ4v) is 1.98. The van der Waals surface area contributed by atoms with Crippen molar-refractivity contribution < 1.29 is 14.3 Å². The van der Waals surface area contributed by atoms with E-state index in [1.54, 1.807) is 42.5 Å². The van der Waals surface area contributed by atoms with Gasteiger partial charge >= 0.3 is 5.97 Å². The summed E-state index contributed by atoms with van der Waals surface area (Å²) in [5.74, 6) is -0.245. The molecular weight excluding hydrogens is 254 g/mol. The molecule has 102 valence electrons. The van der Waals surface area contributed by atoms with E-state index in [9.17, 15) is 9.59 Å². The Kier molecular flexibility index (Phi) is 4.27. The second-order valence-electron chi connectivity index (χ2n) is 4.28. The highest BCUT2D eigenvalue weighted by Gasteiger charge is 2.16. The van der Waals surface area contributed by atoms with Gasteiger partial charge in [0, 0.05) is 30.2 Å². The molecule has 0 aliphatic carbocycles. The molecule has 0 amide bonds. The van der Waals surface area contributed by atoms with Crippen molar-refractivity contribution in [3.05, 3.63) is 65.2 Å². The molecule has 0 bridgehead atoms. The largest absolute Gasteiger partial charge is 0.426 e. The molecule has 2 N–H and O–H groups in total. The molecule has 0 aromatic heterocycles. The van der Waals surface area contributed by atoms with Gasteiger partial charge in [-0.15, -0.1) is 0 Å². The number of carbonyl (C=O) groups excluding carboxylic acids is 2. The van der Waals surface area contributed by atoms with Gasteiger partial charge in [0.15, 0.2) is 5.78 Å². The van der Waals surface area contributed by atoms with Gasteiger partial charge in [-0.1, -0.05) is 42.5 Å². The van der Waals surface area contributed by atoms with Crippen molar-refractivity contribution >= 4 is 11.8 Å². The van der Waals surface area contributed by atoms with Gasteiger partial charge in [-0.3, -0.25) is 9.59 Å². The summed E-state index contributed by atoms with van der Waals surface area (Å²) in [5, 5.41) is 0. The molecule has 0 radical (unpaired) electrons. The van der Waals surface area contributed by atoms with Crippen molar-refractivity contribution in [2.45, 2.75) is 13.5 Å². The Morgan fingerprint density at radius 1 is 1.05 bits per heavy atom. The summed E-state index contributed by atoms with van der Waals surface area (Å²) >= 11 is 0. The average molecular weight is 269 g/mol. The van der Waals surface area contributed by atoms with Crippen molar-refractivity contribution in [1.29, 1.82) is 0 Å². The second-order valence-corrected chi connectivity index (χ2v) is 4.28. The van der Waals surface area contributed by atoms with Gasteiger partial charge in [0.25, 0.3) is 0 Å². The first-order valence-corrected chi connectivity index (χ1v) is 6.23. The maximum Gasteiger partial charge on any atom is 0.308 e. The molecule has 0 saturated carbocycles. The lowest BCUT2D eigenvalue weighted by atomic mass is 9.97. The first-order chi connectivity index (χ1) is 9.63. The highest BCUT2D eigenvalue weighted by molar-refractivity contribution is 6.10. The van der Waals surface area contributed by atoms with Crippen LogP contribution in [0, 0.1) is 0 Å². The lowest BCUT2D eigenvalue weighted by molar-refractivity contribution is -0.131. The SMILES string of the molecule is CC(=O)Oc1cccc(C(=O)c2ccccc2)c1CN. The van der Waals surface area contributed by atoms with Gasteiger partial charge in [0.2, 0.25) is 0 Å². The molecule has 2 aromatic carbocycles. The smallest absolute Gasteiger partial charge is 0.308 e. The number of rotatable bonds is 4.